The van der Waals surface area contributed by atoms with Gasteiger partial charge in [-0.2, -0.15) is 11.8 Å². The molecule has 1 aromatic rings. The van der Waals surface area contributed by atoms with E-state index in [2.05, 4.69) is 31.3 Å². The zero-order chi connectivity index (χ0) is 14.1. The average molecular weight is 302 g/mol. The van der Waals surface area contributed by atoms with Crippen molar-refractivity contribution in [1.82, 2.24) is 5.32 Å². The van der Waals surface area contributed by atoms with Gasteiger partial charge in [-0.15, -0.1) is 0 Å². The first kappa shape index (κ1) is 16.8. The van der Waals surface area contributed by atoms with E-state index in [9.17, 15) is 5.11 Å². The first-order valence-corrected chi connectivity index (χ1v) is 8.31. The minimum atomic E-state index is -0.150. The standard InChI is InChI=1S/C15H24ClNOS/c1-3-9-17-15(2,12-18)8-10-19-11-13-4-6-14(16)7-5-13/h4-7,17-18H,3,8-12H2,1-2H3. The molecule has 0 fully saturated rings. The number of hydrogen-bond acceptors (Lipinski definition) is 3. The highest BCUT2D eigenvalue weighted by molar-refractivity contribution is 7.98. The van der Waals surface area contributed by atoms with Crippen molar-refractivity contribution in [1.29, 1.82) is 0 Å². The Kier molecular flexibility index (Phi) is 7.84. The molecule has 108 valence electrons. The average Bonchev–Trinajstić information content (AvgIpc) is 2.43. The Balaban J connectivity index is 2.26. The second-order valence-corrected chi connectivity index (χ2v) is 6.62. The summed E-state index contributed by atoms with van der Waals surface area (Å²) in [5, 5.41) is 13.7. The summed E-state index contributed by atoms with van der Waals surface area (Å²) in [4.78, 5) is 0. The first-order valence-electron chi connectivity index (χ1n) is 6.78. The quantitative estimate of drug-likeness (QED) is 0.682. The second kappa shape index (κ2) is 8.85. The molecule has 0 aliphatic carbocycles. The third-order valence-electron chi connectivity index (χ3n) is 3.13. The van der Waals surface area contributed by atoms with Crippen LogP contribution in [0.15, 0.2) is 24.3 Å². The molecule has 0 amide bonds. The van der Waals surface area contributed by atoms with Crippen molar-refractivity contribution in [3.05, 3.63) is 34.9 Å². The smallest absolute Gasteiger partial charge is 0.0610 e. The number of hydrogen-bond donors (Lipinski definition) is 2. The number of nitrogens with one attached hydrogen (secondary N) is 1. The molecule has 0 radical (unpaired) electrons. The number of halogens is 1. The van der Waals surface area contributed by atoms with Gasteiger partial charge in [0, 0.05) is 16.3 Å². The van der Waals surface area contributed by atoms with Crippen LogP contribution in [0.4, 0.5) is 0 Å². The lowest BCUT2D eigenvalue weighted by Gasteiger charge is -2.28. The van der Waals surface area contributed by atoms with Crippen LogP contribution in [0.25, 0.3) is 0 Å². The summed E-state index contributed by atoms with van der Waals surface area (Å²) in [6, 6.07) is 7.99. The van der Waals surface area contributed by atoms with Crippen LogP contribution in [-0.4, -0.2) is 29.5 Å². The molecule has 0 aliphatic rings. The highest BCUT2D eigenvalue weighted by atomic mass is 35.5. The van der Waals surface area contributed by atoms with E-state index in [1.165, 1.54) is 5.56 Å². The Labute approximate surface area is 125 Å². The maximum Gasteiger partial charge on any atom is 0.0610 e. The third-order valence-corrected chi connectivity index (χ3v) is 4.41. The molecule has 0 heterocycles. The maximum atomic E-state index is 9.47. The fraction of sp³-hybridized carbons (Fsp3) is 0.600. The summed E-state index contributed by atoms with van der Waals surface area (Å²) < 4.78 is 0. The van der Waals surface area contributed by atoms with Gasteiger partial charge in [-0.3, -0.25) is 0 Å². The molecular formula is C15H24ClNOS. The van der Waals surface area contributed by atoms with E-state index in [1.54, 1.807) is 0 Å². The van der Waals surface area contributed by atoms with Crippen LogP contribution in [0.3, 0.4) is 0 Å². The van der Waals surface area contributed by atoms with Crippen LogP contribution < -0.4 is 5.32 Å². The summed E-state index contributed by atoms with van der Waals surface area (Å²) in [6.07, 6.45) is 2.06. The van der Waals surface area contributed by atoms with Gasteiger partial charge in [-0.25, -0.2) is 0 Å². The number of aliphatic hydroxyl groups excluding tert-OH is 1. The molecule has 4 heteroatoms. The monoisotopic (exact) mass is 301 g/mol. The molecule has 0 aromatic heterocycles. The topological polar surface area (TPSA) is 32.3 Å². The van der Waals surface area contributed by atoms with Crippen molar-refractivity contribution in [2.75, 3.05) is 18.9 Å². The number of rotatable bonds is 9. The van der Waals surface area contributed by atoms with Gasteiger partial charge in [0.05, 0.1) is 6.61 Å². The van der Waals surface area contributed by atoms with Gasteiger partial charge in [0.2, 0.25) is 0 Å². The molecule has 19 heavy (non-hydrogen) atoms. The minimum absolute atomic E-state index is 0.150. The van der Waals surface area contributed by atoms with Gasteiger partial charge in [0.15, 0.2) is 0 Å². The SMILES string of the molecule is CCCNC(C)(CO)CCSCc1ccc(Cl)cc1. The lowest BCUT2D eigenvalue weighted by Crippen LogP contribution is -2.46. The zero-order valence-electron chi connectivity index (χ0n) is 11.8. The van der Waals surface area contributed by atoms with Gasteiger partial charge in [-0.05, 0) is 49.8 Å². The van der Waals surface area contributed by atoms with Crippen molar-refractivity contribution in [2.45, 2.75) is 38.0 Å². The highest BCUT2D eigenvalue weighted by Crippen LogP contribution is 2.19. The fourth-order valence-electron chi connectivity index (χ4n) is 1.72. The van der Waals surface area contributed by atoms with Crippen molar-refractivity contribution in [2.24, 2.45) is 0 Å². The molecule has 0 aliphatic heterocycles. The molecule has 0 spiro atoms. The van der Waals surface area contributed by atoms with Gasteiger partial charge < -0.3 is 10.4 Å². The van der Waals surface area contributed by atoms with E-state index in [4.69, 9.17) is 11.6 Å². The summed E-state index contributed by atoms with van der Waals surface area (Å²) >= 11 is 7.75. The van der Waals surface area contributed by atoms with Crippen LogP contribution in [0, 0.1) is 0 Å². The first-order chi connectivity index (χ1) is 9.09. The van der Waals surface area contributed by atoms with Crippen molar-refractivity contribution in [3.63, 3.8) is 0 Å². The zero-order valence-corrected chi connectivity index (χ0v) is 13.4. The van der Waals surface area contributed by atoms with E-state index in [-0.39, 0.29) is 12.1 Å². The molecule has 1 aromatic carbocycles. The van der Waals surface area contributed by atoms with Crippen LogP contribution in [0.2, 0.25) is 5.02 Å². The summed E-state index contributed by atoms with van der Waals surface area (Å²) in [5.41, 5.74) is 1.14. The van der Waals surface area contributed by atoms with Gasteiger partial charge >= 0.3 is 0 Å². The largest absolute Gasteiger partial charge is 0.394 e. The minimum Gasteiger partial charge on any atom is -0.394 e. The molecule has 2 nitrogen and oxygen atoms in total. The third kappa shape index (κ3) is 6.66. The summed E-state index contributed by atoms with van der Waals surface area (Å²) in [6.45, 7) is 5.37. The normalized spacial score (nSPS) is 14.3. The maximum absolute atomic E-state index is 9.47. The van der Waals surface area contributed by atoms with E-state index >= 15 is 0 Å². The Morgan fingerprint density at radius 1 is 1.32 bits per heavy atom. The lowest BCUT2D eigenvalue weighted by molar-refractivity contribution is 0.171. The van der Waals surface area contributed by atoms with Crippen molar-refractivity contribution < 1.29 is 5.11 Å². The van der Waals surface area contributed by atoms with Gasteiger partial charge in [0.1, 0.15) is 0 Å². The van der Waals surface area contributed by atoms with Crippen LogP contribution in [0.1, 0.15) is 32.3 Å². The molecule has 1 atom stereocenters. The van der Waals surface area contributed by atoms with Crippen LogP contribution in [-0.2, 0) is 5.75 Å². The molecule has 0 bridgehead atoms. The van der Waals surface area contributed by atoms with Crippen molar-refractivity contribution >= 4 is 23.4 Å². The molecule has 1 unspecified atom stereocenters. The van der Waals surface area contributed by atoms with Crippen molar-refractivity contribution in [3.8, 4) is 0 Å². The Bertz CT molecular complexity index is 358. The van der Waals surface area contributed by atoms with Gasteiger partial charge in [-0.1, -0.05) is 30.7 Å². The van der Waals surface area contributed by atoms with E-state index in [0.29, 0.717) is 0 Å². The van der Waals surface area contributed by atoms with Crippen LogP contribution >= 0.6 is 23.4 Å². The molecule has 0 saturated heterocycles. The molecule has 1 rings (SSSR count). The van der Waals surface area contributed by atoms with Crippen LogP contribution in [0.5, 0.6) is 0 Å². The number of aliphatic hydroxyl groups is 1. The second-order valence-electron chi connectivity index (χ2n) is 5.07. The van der Waals surface area contributed by atoms with Gasteiger partial charge in [0.25, 0.3) is 0 Å². The predicted molar refractivity (Wildman–Crippen MR) is 86.0 cm³/mol. The fourth-order valence-corrected chi connectivity index (χ4v) is 3.01. The van der Waals surface area contributed by atoms with E-state index in [1.807, 2.05) is 23.9 Å². The molecule has 0 saturated carbocycles. The predicted octanol–water partition coefficient (Wildman–Crippen LogP) is 3.71. The number of thioether (sulfide) groups is 1. The Hall–Kier alpha value is -0.220. The van der Waals surface area contributed by atoms with E-state index in [0.717, 1.165) is 35.9 Å². The summed E-state index contributed by atoms with van der Waals surface area (Å²) in [5.74, 6) is 2.03. The highest BCUT2D eigenvalue weighted by Gasteiger charge is 2.21. The van der Waals surface area contributed by atoms with E-state index < -0.39 is 0 Å². The Morgan fingerprint density at radius 3 is 2.58 bits per heavy atom. The molecular weight excluding hydrogens is 278 g/mol. The lowest BCUT2D eigenvalue weighted by atomic mass is 10.0. The Morgan fingerprint density at radius 2 is 2.00 bits per heavy atom. The number of benzene rings is 1. The summed E-state index contributed by atoms with van der Waals surface area (Å²) in [7, 11) is 0. The molecule has 2 N–H and O–H groups in total.